The van der Waals surface area contributed by atoms with Gasteiger partial charge in [0.2, 0.25) is 11.3 Å². The highest BCUT2D eigenvalue weighted by atomic mass is 16.5. The molecule has 4 aromatic rings. The van der Waals surface area contributed by atoms with Crippen molar-refractivity contribution in [3.05, 3.63) is 70.7 Å². The van der Waals surface area contributed by atoms with E-state index in [9.17, 15) is 9.59 Å². The molecule has 0 spiro atoms. The van der Waals surface area contributed by atoms with Crippen LogP contribution in [0.4, 0.5) is 0 Å². The van der Waals surface area contributed by atoms with Gasteiger partial charge < -0.3 is 14.5 Å². The number of rotatable bonds is 7. The number of fused-ring (bicyclic) bond motifs is 2. The minimum atomic E-state index is -0.293. The van der Waals surface area contributed by atoms with Crippen molar-refractivity contribution in [2.45, 2.75) is 32.9 Å². The molecule has 0 aliphatic rings. The summed E-state index contributed by atoms with van der Waals surface area (Å²) in [5.41, 5.74) is 1.27. The Balaban J connectivity index is 1.45. The maximum absolute atomic E-state index is 12.5. The van der Waals surface area contributed by atoms with Gasteiger partial charge >= 0.3 is 0 Å². The van der Waals surface area contributed by atoms with Gasteiger partial charge in [-0.1, -0.05) is 24.3 Å². The first-order valence-electron chi connectivity index (χ1n) is 9.96. The molecule has 1 N–H and O–H groups in total. The van der Waals surface area contributed by atoms with Gasteiger partial charge in [0.05, 0.1) is 30.9 Å². The summed E-state index contributed by atoms with van der Waals surface area (Å²) in [6, 6.07) is 14.6. The summed E-state index contributed by atoms with van der Waals surface area (Å²) in [5.74, 6) is 1.23. The Kier molecular flexibility index (Phi) is 5.52. The number of nitrogens with zero attached hydrogens (tertiary/aromatic N) is 2. The molecule has 4 rings (SSSR count). The predicted molar refractivity (Wildman–Crippen MR) is 115 cm³/mol. The lowest BCUT2D eigenvalue weighted by atomic mass is 10.2. The van der Waals surface area contributed by atoms with Crippen LogP contribution in [0, 0.1) is 0 Å². The molecule has 30 heavy (non-hydrogen) atoms. The quantitative estimate of drug-likeness (QED) is 0.505. The highest BCUT2D eigenvalue weighted by molar-refractivity contribution is 5.84. The number of nitrogens with one attached hydrogen (secondary N) is 1. The molecule has 7 heteroatoms. The van der Waals surface area contributed by atoms with E-state index in [2.05, 4.69) is 10.4 Å². The Morgan fingerprint density at radius 2 is 2.07 bits per heavy atom. The fourth-order valence-electron chi connectivity index (χ4n) is 3.47. The number of aromatic nitrogens is 2. The highest BCUT2D eigenvalue weighted by Gasteiger charge is 2.16. The van der Waals surface area contributed by atoms with Gasteiger partial charge in [-0.25, -0.2) is 0 Å². The van der Waals surface area contributed by atoms with E-state index < -0.39 is 0 Å². The van der Waals surface area contributed by atoms with E-state index in [0.717, 1.165) is 5.39 Å². The molecule has 0 aliphatic heterocycles. The Labute approximate surface area is 173 Å². The normalized spacial score (nSPS) is 12.2. The Morgan fingerprint density at radius 3 is 2.90 bits per heavy atom. The number of ether oxygens (including phenoxy) is 1. The third-order valence-corrected chi connectivity index (χ3v) is 4.94. The summed E-state index contributed by atoms with van der Waals surface area (Å²) in [4.78, 5) is 24.4. The minimum Gasteiger partial charge on any atom is -0.490 e. The van der Waals surface area contributed by atoms with Crippen LogP contribution in [0.1, 0.15) is 32.1 Å². The fraction of sp³-hybridized carbons (Fsp3) is 0.261. The van der Waals surface area contributed by atoms with Gasteiger partial charge in [-0.2, -0.15) is 5.10 Å². The predicted octanol–water partition coefficient (Wildman–Crippen LogP) is 3.81. The van der Waals surface area contributed by atoms with E-state index in [4.69, 9.17) is 9.15 Å². The highest BCUT2D eigenvalue weighted by Crippen LogP contribution is 2.31. The maximum Gasteiger partial charge on any atom is 0.222 e. The first-order valence-corrected chi connectivity index (χ1v) is 9.96. The maximum atomic E-state index is 12.5. The SMILES string of the molecule is CCOc1cccc2cc(C(C)NC(=O)CCn3ncc(=O)c4ccccc43)oc12. The number of para-hydroxylation sites is 2. The van der Waals surface area contributed by atoms with Crippen LogP contribution >= 0.6 is 0 Å². The molecule has 2 heterocycles. The van der Waals surface area contributed by atoms with Crippen molar-refractivity contribution >= 4 is 27.8 Å². The Hall–Kier alpha value is -3.61. The van der Waals surface area contributed by atoms with Crippen LogP contribution in [0.2, 0.25) is 0 Å². The summed E-state index contributed by atoms with van der Waals surface area (Å²) in [5, 5.41) is 8.65. The first-order chi connectivity index (χ1) is 14.6. The number of benzene rings is 2. The topological polar surface area (TPSA) is 86.4 Å². The average Bonchev–Trinajstić information content (AvgIpc) is 3.19. The first kappa shape index (κ1) is 19.7. The summed E-state index contributed by atoms with van der Waals surface area (Å²) in [7, 11) is 0. The van der Waals surface area contributed by atoms with Crippen LogP contribution in [0.3, 0.4) is 0 Å². The molecule has 2 aromatic carbocycles. The monoisotopic (exact) mass is 405 g/mol. The molecule has 7 nitrogen and oxygen atoms in total. The molecule has 0 fully saturated rings. The van der Waals surface area contributed by atoms with E-state index in [0.29, 0.717) is 41.1 Å². The number of aryl methyl sites for hydroxylation is 1. The van der Waals surface area contributed by atoms with Crippen LogP contribution in [0.5, 0.6) is 5.75 Å². The third-order valence-electron chi connectivity index (χ3n) is 4.94. The second kappa shape index (κ2) is 8.41. The summed E-state index contributed by atoms with van der Waals surface area (Å²) >= 11 is 0. The number of hydrogen-bond donors (Lipinski definition) is 1. The molecule has 0 aliphatic carbocycles. The van der Waals surface area contributed by atoms with Crippen molar-refractivity contribution in [3.8, 4) is 5.75 Å². The zero-order valence-electron chi connectivity index (χ0n) is 16.9. The smallest absolute Gasteiger partial charge is 0.222 e. The molecule has 0 saturated carbocycles. The Bertz CT molecular complexity index is 1260. The number of furan rings is 1. The van der Waals surface area contributed by atoms with Gasteiger partial charge in [-0.15, -0.1) is 0 Å². The molecule has 1 unspecified atom stereocenters. The largest absolute Gasteiger partial charge is 0.490 e. The number of hydrogen-bond acceptors (Lipinski definition) is 5. The van der Waals surface area contributed by atoms with E-state index in [1.807, 2.05) is 56.3 Å². The van der Waals surface area contributed by atoms with Crippen LogP contribution in [-0.2, 0) is 11.3 Å². The Morgan fingerprint density at radius 1 is 1.23 bits per heavy atom. The van der Waals surface area contributed by atoms with Crippen LogP contribution in [-0.4, -0.2) is 22.3 Å². The lowest BCUT2D eigenvalue weighted by molar-refractivity contribution is -0.122. The van der Waals surface area contributed by atoms with Gasteiger partial charge in [-0.05, 0) is 38.1 Å². The van der Waals surface area contributed by atoms with Crippen molar-refractivity contribution in [1.82, 2.24) is 15.1 Å². The van der Waals surface area contributed by atoms with Gasteiger partial charge in [0.15, 0.2) is 11.3 Å². The second-order valence-corrected chi connectivity index (χ2v) is 7.04. The molecule has 0 saturated heterocycles. The molecular weight excluding hydrogens is 382 g/mol. The fourth-order valence-corrected chi connectivity index (χ4v) is 3.47. The number of carbonyl (C=O) groups is 1. The number of carbonyl (C=O) groups excluding carboxylic acids is 1. The van der Waals surface area contributed by atoms with E-state index >= 15 is 0 Å². The number of amides is 1. The lowest BCUT2D eigenvalue weighted by Crippen LogP contribution is -2.27. The van der Waals surface area contributed by atoms with Crippen molar-refractivity contribution in [3.63, 3.8) is 0 Å². The average molecular weight is 405 g/mol. The summed E-state index contributed by atoms with van der Waals surface area (Å²) in [6.45, 7) is 4.72. The van der Waals surface area contributed by atoms with Gasteiger partial charge in [0.1, 0.15) is 5.76 Å². The molecule has 1 atom stereocenters. The molecule has 0 bridgehead atoms. The molecular formula is C23H23N3O4. The minimum absolute atomic E-state index is 0.127. The van der Waals surface area contributed by atoms with E-state index in [1.54, 1.807) is 10.7 Å². The van der Waals surface area contributed by atoms with Crippen molar-refractivity contribution < 1.29 is 13.9 Å². The van der Waals surface area contributed by atoms with Gasteiger partial charge in [0, 0.05) is 17.2 Å². The zero-order valence-corrected chi connectivity index (χ0v) is 16.9. The second-order valence-electron chi connectivity index (χ2n) is 7.04. The summed E-state index contributed by atoms with van der Waals surface area (Å²) in [6.07, 6.45) is 1.52. The molecule has 1 amide bonds. The van der Waals surface area contributed by atoms with E-state index in [-0.39, 0.29) is 23.8 Å². The van der Waals surface area contributed by atoms with Crippen LogP contribution in [0.15, 0.2) is 63.9 Å². The van der Waals surface area contributed by atoms with Gasteiger partial charge in [-0.3, -0.25) is 14.3 Å². The van der Waals surface area contributed by atoms with E-state index in [1.165, 1.54) is 6.20 Å². The molecule has 2 aromatic heterocycles. The van der Waals surface area contributed by atoms with Crippen molar-refractivity contribution in [2.24, 2.45) is 0 Å². The lowest BCUT2D eigenvalue weighted by Gasteiger charge is -2.13. The van der Waals surface area contributed by atoms with Crippen LogP contribution in [0.25, 0.3) is 21.9 Å². The van der Waals surface area contributed by atoms with Gasteiger partial charge in [0.25, 0.3) is 0 Å². The zero-order chi connectivity index (χ0) is 21.1. The third kappa shape index (κ3) is 3.91. The molecule has 154 valence electrons. The van der Waals surface area contributed by atoms with Crippen molar-refractivity contribution in [1.29, 1.82) is 0 Å². The van der Waals surface area contributed by atoms with Crippen molar-refractivity contribution in [2.75, 3.05) is 6.61 Å². The summed E-state index contributed by atoms with van der Waals surface area (Å²) < 4.78 is 13.2. The van der Waals surface area contributed by atoms with Crippen LogP contribution < -0.4 is 15.5 Å². The standard InChI is InChI=1S/C23H23N3O4/c1-3-29-20-10-6-7-16-13-21(30-23(16)20)15(2)25-22(28)11-12-26-18-9-5-4-8-17(18)19(27)14-24-26/h4-10,13-15H,3,11-12H2,1-2H3,(H,25,28). The molecule has 0 radical (unpaired) electrons.